The summed E-state index contributed by atoms with van der Waals surface area (Å²) >= 11 is 0. The fourth-order valence-electron chi connectivity index (χ4n) is 3.15. The van der Waals surface area contributed by atoms with E-state index in [1.54, 1.807) is 14.2 Å². The summed E-state index contributed by atoms with van der Waals surface area (Å²) in [5, 5.41) is 3.25. The predicted molar refractivity (Wildman–Crippen MR) is 81.3 cm³/mol. The zero-order valence-electron chi connectivity index (χ0n) is 14.1. The Balaban J connectivity index is 2.70. The minimum Gasteiger partial charge on any atom is -0.468 e. The van der Waals surface area contributed by atoms with Crippen molar-refractivity contribution < 1.29 is 19.0 Å². The first-order valence-corrected chi connectivity index (χ1v) is 7.54. The molecule has 124 valence electrons. The van der Waals surface area contributed by atoms with Crippen molar-refractivity contribution in [2.75, 3.05) is 41.0 Å². The van der Waals surface area contributed by atoms with Gasteiger partial charge in [-0.3, -0.25) is 9.69 Å². The van der Waals surface area contributed by atoms with Crippen LogP contribution in [0.5, 0.6) is 0 Å². The van der Waals surface area contributed by atoms with Gasteiger partial charge < -0.3 is 19.5 Å². The van der Waals surface area contributed by atoms with Gasteiger partial charge >= 0.3 is 5.97 Å². The van der Waals surface area contributed by atoms with Crippen LogP contribution in [0.2, 0.25) is 0 Å². The largest absolute Gasteiger partial charge is 0.468 e. The summed E-state index contributed by atoms with van der Waals surface area (Å²) in [5.41, 5.74) is -0.670. The van der Waals surface area contributed by atoms with Gasteiger partial charge in [-0.25, -0.2) is 0 Å². The van der Waals surface area contributed by atoms with E-state index >= 15 is 0 Å². The lowest BCUT2D eigenvalue weighted by Crippen LogP contribution is -2.54. The van der Waals surface area contributed by atoms with E-state index in [4.69, 9.17) is 14.2 Å². The van der Waals surface area contributed by atoms with E-state index in [-0.39, 0.29) is 24.2 Å². The summed E-state index contributed by atoms with van der Waals surface area (Å²) in [6.45, 7) is 8.38. The fraction of sp³-hybridized carbons (Fsp3) is 0.933. The number of rotatable bonds is 8. The van der Waals surface area contributed by atoms with E-state index in [0.717, 1.165) is 19.6 Å². The van der Waals surface area contributed by atoms with Gasteiger partial charge in [-0.15, -0.1) is 0 Å². The number of hydrogen-bond acceptors (Lipinski definition) is 6. The van der Waals surface area contributed by atoms with Gasteiger partial charge in [-0.05, 0) is 26.8 Å². The van der Waals surface area contributed by atoms with Crippen molar-refractivity contribution >= 4 is 5.97 Å². The number of likely N-dealkylation sites (N-methyl/N-ethyl adjacent to an activating group) is 1. The van der Waals surface area contributed by atoms with E-state index in [0.29, 0.717) is 6.42 Å². The highest BCUT2D eigenvalue weighted by atomic mass is 16.5. The Labute approximate surface area is 128 Å². The Morgan fingerprint density at radius 2 is 1.81 bits per heavy atom. The third kappa shape index (κ3) is 4.39. The third-order valence-corrected chi connectivity index (χ3v) is 4.38. The first-order valence-electron chi connectivity index (χ1n) is 7.54. The lowest BCUT2D eigenvalue weighted by Gasteiger charge is -2.34. The Kier molecular flexibility index (Phi) is 7.06. The van der Waals surface area contributed by atoms with Crippen molar-refractivity contribution in [3.63, 3.8) is 0 Å². The standard InChI is InChI=1S/C15H30N2O4/c1-7-16-15(3,14(18)21-6)8-11(2)17-9-12(19-4)13(10-17)20-5/h11-13,16H,7-10H2,1-6H3. The van der Waals surface area contributed by atoms with Gasteiger partial charge in [0, 0.05) is 33.4 Å². The second kappa shape index (κ2) is 8.08. The lowest BCUT2D eigenvalue weighted by atomic mass is 9.93. The summed E-state index contributed by atoms with van der Waals surface area (Å²) in [7, 11) is 4.85. The maximum atomic E-state index is 12.1. The smallest absolute Gasteiger partial charge is 0.325 e. The monoisotopic (exact) mass is 302 g/mol. The van der Waals surface area contributed by atoms with Gasteiger partial charge in [0.25, 0.3) is 0 Å². The van der Waals surface area contributed by atoms with Gasteiger partial charge in [0.1, 0.15) is 5.54 Å². The summed E-state index contributed by atoms with van der Waals surface area (Å²) in [5.74, 6) is -0.220. The number of carbonyl (C=O) groups is 1. The van der Waals surface area contributed by atoms with Crippen LogP contribution in [0.25, 0.3) is 0 Å². The molecule has 1 saturated heterocycles. The van der Waals surface area contributed by atoms with E-state index < -0.39 is 5.54 Å². The highest BCUT2D eigenvalue weighted by Crippen LogP contribution is 2.23. The van der Waals surface area contributed by atoms with Crippen LogP contribution in [-0.4, -0.2) is 75.6 Å². The van der Waals surface area contributed by atoms with Crippen LogP contribution in [0.1, 0.15) is 27.2 Å². The topological polar surface area (TPSA) is 60.0 Å². The molecule has 0 aromatic carbocycles. The summed E-state index contributed by atoms with van der Waals surface area (Å²) in [4.78, 5) is 14.4. The number of nitrogens with zero attached hydrogens (tertiary/aromatic N) is 1. The molecule has 0 aromatic rings. The summed E-state index contributed by atoms with van der Waals surface area (Å²) in [6, 6.07) is 0.228. The molecule has 21 heavy (non-hydrogen) atoms. The molecule has 4 atom stereocenters. The number of ether oxygens (including phenoxy) is 3. The molecule has 1 rings (SSSR count). The molecule has 0 radical (unpaired) electrons. The van der Waals surface area contributed by atoms with Crippen LogP contribution in [0.15, 0.2) is 0 Å². The van der Waals surface area contributed by atoms with Gasteiger partial charge in [0.05, 0.1) is 19.3 Å². The van der Waals surface area contributed by atoms with Crippen molar-refractivity contribution in [1.82, 2.24) is 10.2 Å². The molecule has 0 amide bonds. The number of methoxy groups -OCH3 is 3. The van der Waals surface area contributed by atoms with Crippen LogP contribution in [-0.2, 0) is 19.0 Å². The van der Waals surface area contributed by atoms with Gasteiger partial charge in [0.2, 0.25) is 0 Å². The number of nitrogens with one attached hydrogen (secondary N) is 1. The van der Waals surface area contributed by atoms with Gasteiger partial charge in [-0.2, -0.15) is 0 Å². The molecule has 0 aliphatic carbocycles. The van der Waals surface area contributed by atoms with Crippen LogP contribution in [0, 0.1) is 0 Å². The molecule has 1 aliphatic rings. The molecule has 0 spiro atoms. The van der Waals surface area contributed by atoms with Crippen LogP contribution >= 0.6 is 0 Å². The molecule has 1 aliphatic heterocycles. The summed E-state index contributed by atoms with van der Waals surface area (Å²) < 4.78 is 15.9. The van der Waals surface area contributed by atoms with Crippen molar-refractivity contribution in [3.8, 4) is 0 Å². The number of hydrogen-bond donors (Lipinski definition) is 1. The molecule has 0 bridgehead atoms. The molecule has 1 fully saturated rings. The van der Waals surface area contributed by atoms with E-state index in [1.807, 2.05) is 13.8 Å². The van der Waals surface area contributed by atoms with E-state index in [1.165, 1.54) is 7.11 Å². The van der Waals surface area contributed by atoms with Crippen LogP contribution in [0.3, 0.4) is 0 Å². The fourth-order valence-corrected chi connectivity index (χ4v) is 3.15. The molecule has 6 heteroatoms. The molecular formula is C15H30N2O4. The highest BCUT2D eigenvalue weighted by Gasteiger charge is 2.40. The Morgan fingerprint density at radius 1 is 1.29 bits per heavy atom. The maximum Gasteiger partial charge on any atom is 0.325 e. The van der Waals surface area contributed by atoms with Crippen molar-refractivity contribution in [3.05, 3.63) is 0 Å². The minimum atomic E-state index is -0.670. The minimum absolute atomic E-state index is 0.0842. The molecular weight excluding hydrogens is 272 g/mol. The second-order valence-electron chi connectivity index (χ2n) is 5.91. The normalized spacial score (nSPS) is 27.3. The molecule has 1 N–H and O–H groups in total. The van der Waals surface area contributed by atoms with Gasteiger partial charge in [-0.1, -0.05) is 6.92 Å². The summed E-state index contributed by atoms with van der Waals surface area (Å²) in [6.07, 6.45) is 0.849. The van der Waals surface area contributed by atoms with Gasteiger partial charge in [0.15, 0.2) is 0 Å². The Bertz CT molecular complexity index is 328. The average Bonchev–Trinajstić information content (AvgIpc) is 2.89. The highest BCUT2D eigenvalue weighted by molar-refractivity contribution is 5.80. The maximum absolute atomic E-state index is 12.1. The van der Waals surface area contributed by atoms with Crippen LogP contribution in [0.4, 0.5) is 0 Å². The zero-order chi connectivity index (χ0) is 16.0. The SMILES string of the molecule is CCNC(C)(CC(C)N1CC(OC)C(OC)C1)C(=O)OC. The van der Waals surface area contributed by atoms with E-state index in [2.05, 4.69) is 17.1 Å². The second-order valence-corrected chi connectivity index (χ2v) is 5.91. The number of carbonyl (C=O) groups excluding carboxylic acids is 1. The van der Waals surface area contributed by atoms with E-state index in [9.17, 15) is 4.79 Å². The van der Waals surface area contributed by atoms with Crippen LogP contribution < -0.4 is 5.32 Å². The third-order valence-electron chi connectivity index (χ3n) is 4.38. The average molecular weight is 302 g/mol. The predicted octanol–water partition coefficient (Wildman–Crippen LogP) is 0.652. The molecule has 0 aromatic heterocycles. The Morgan fingerprint density at radius 3 is 2.19 bits per heavy atom. The Hall–Kier alpha value is -0.690. The molecule has 1 heterocycles. The van der Waals surface area contributed by atoms with Crippen molar-refractivity contribution in [2.45, 2.75) is 51.0 Å². The molecule has 4 unspecified atom stereocenters. The van der Waals surface area contributed by atoms with Crippen molar-refractivity contribution in [2.24, 2.45) is 0 Å². The number of esters is 1. The quantitative estimate of drug-likeness (QED) is 0.665. The first-order chi connectivity index (χ1) is 9.91. The zero-order valence-corrected chi connectivity index (χ0v) is 14.1. The first kappa shape index (κ1) is 18.4. The molecule has 6 nitrogen and oxygen atoms in total. The lowest BCUT2D eigenvalue weighted by molar-refractivity contribution is -0.148. The molecule has 0 saturated carbocycles. The number of likely N-dealkylation sites (tertiary alicyclic amines) is 1. The van der Waals surface area contributed by atoms with Crippen molar-refractivity contribution in [1.29, 1.82) is 0 Å².